The minimum Gasteiger partial charge on any atom is -0.425 e. The summed E-state index contributed by atoms with van der Waals surface area (Å²) in [7, 11) is 0. The van der Waals surface area contributed by atoms with Crippen molar-refractivity contribution in [3.05, 3.63) is 30.3 Å². The molecule has 2 atom stereocenters. The molecule has 2 heterocycles. The number of esters is 1. The van der Waals surface area contributed by atoms with Gasteiger partial charge in [-0.1, -0.05) is 18.2 Å². The van der Waals surface area contributed by atoms with Gasteiger partial charge in [-0.3, -0.25) is 4.79 Å². The average Bonchev–Trinajstić information content (AvgIpc) is 2.88. The van der Waals surface area contributed by atoms with Gasteiger partial charge in [-0.15, -0.1) is 11.8 Å². The Bertz CT molecular complexity index is 519. The topological polar surface area (TPSA) is 46.6 Å². The Kier molecular flexibility index (Phi) is 3.01. The molecule has 0 aromatic heterocycles. The zero-order valence-electron chi connectivity index (χ0n) is 10.7. The van der Waals surface area contributed by atoms with E-state index in [1.807, 2.05) is 25.1 Å². The molecule has 4 nitrogen and oxygen atoms in total. The van der Waals surface area contributed by atoms with E-state index < -0.39 is 6.04 Å². The van der Waals surface area contributed by atoms with Crippen LogP contribution in [0.2, 0.25) is 0 Å². The van der Waals surface area contributed by atoms with E-state index in [2.05, 4.69) is 0 Å². The van der Waals surface area contributed by atoms with Gasteiger partial charge in [0, 0.05) is 12.2 Å². The van der Waals surface area contributed by atoms with Crippen LogP contribution in [0.3, 0.4) is 0 Å². The molecule has 1 aromatic carbocycles. The lowest BCUT2D eigenvalue weighted by Gasteiger charge is -2.29. The second-order valence-corrected chi connectivity index (χ2v) is 6.50. The highest BCUT2D eigenvalue weighted by molar-refractivity contribution is 8.01. The summed E-state index contributed by atoms with van der Waals surface area (Å²) in [6.45, 7) is 2.03. The molecule has 0 aliphatic carbocycles. The molecule has 3 rings (SSSR count). The second-order valence-electron chi connectivity index (χ2n) is 5.00. The molecule has 2 fully saturated rings. The summed E-state index contributed by atoms with van der Waals surface area (Å²) >= 11 is 1.67. The smallest absolute Gasteiger partial charge is 0.335 e. The first-order valence-corrected chi connectivity index (χ1v) is 7.32. The molecule has 1 amide bonds. The maximum Gasteiger partial charge on any atom is 0.335 e. The lowest BCUT2D eigenvalue weighted by Crippen LogP contribution is -2.47. The Morgan fingerprint density at radius 2 is 2.16 bits per heavy atom. The lowest BCUT2D eigenvalue weighted by atomic mass is 10.2. The number of hydrogen-bond acceptors (Lipinski definition) is 4. The summed E-state index contributed by atoms with van der Waals surface area (Å²) in [6, 6.07) is 8.53. The van der Waals surface area contributed by atoms with Crippen LogP contribution in [0.1, 0.15) is 19.8 Å². The minimum atomic E-state index is -0.454. The molecule has 0 bridgehead atoms. The molecule has 100 valence electrons. The van der Waals surface area contributed by atoms with Crippen LogP contribution in [0.4, 0.5) is 0 Å². The molecule has 0 N–H and O–H groups in total. The molecule has 0 unspecified atom stereocenters. The van der Waals surface area contributed by atoms with Crippen molar-refractivity contribution < 1.29 is 14.3 Å². The van der Waals surface area contributed by atoms with Gasteiger partial charge < -0.3 is 9.64 Å². The third-order valence-electron chi connectivity index (χ3n) is 3.68. The Labute approximate surface area is 116 Å². The first-order chi connectivity index (χ1) is 9.10. The number of benzene rings is 1. The second kappa shape index (κ2) is 4.56. The van der Waals surface area contributed by atoms with Crippen LogP contribution in [-0.4, -0.2) is 33.4 Å². The number of ether oxygens (including phenoxy) is 1. The largest absolute Gasteiger partial charge is 0.425 e. The van der Waals surface area contributed by atoms with Crippen LogP contribution in [0, 0.1) is 0 Å². The Hall–Kier alpha value is -1.49. The number of fused-ring (bicyclic) bond motifs is 1. The van der Waals surface area contributed by atoms with Crippen molar-refractivity contribution >= 4 is 23.6 Å². The SMILES string of the molecule is C[C@@]12CCC(=O)N1[C@H](C(=O)Oc1ccccc1)CS2. The normalized spacial score (nSPS) is 29.4. The van der Waals surface area contributed by atoms with E-state index in [9.17, 15) is 9.59 Å². The van der Waals surface area contributed by atoms with Crippen molar-refractivity contribution in [2.75, 3.05) is 5.75 Å². The summed E-state index contributed by atoms with van der Waals surface area (Å²) in [5.41, 5.74) is 0. The highest BCUT2D eigenvalue weighted by Gasteiger charge is 2.53. The third kappa shape index (κ3) is 2.12. The van der Waals surface area contributed by atoms with E-state index in [4.69, 9.17) is 4.74 Å². The molecule has 0 radical (unpaired) electrons. The Morgan fingerprint density at radius 3 is 2.89 bits per heavy atom. The molecule has 2 saturated heterocycles. The summed E-state index contributed by atoms with van der Waals surface area (Å²) < 4.78 is 5.35. The summed E-state index contributed by atoms with van der Waals surface area (Å²) in [4.78, 5) is 25.6. The van der Waals surface area contributed by atoms with Crippen molar-refractivity contribution in [1.29, 1.82) is 0 Å². The average molecular weight is 277 g/mol. The van der Waals surface area contributed by atoms with Gasteiger partial charge in [0.2, 0.25) is 5.91 Å². The quantitative estimate of drug-likeness (QED) is 0.613. The molecule has 0 spiro atoms. The van der Waals surface area contributed by atoms with E-state index in [0.29, 0.717) is 17.9 Å². The van der Waals surface area contributed by atoms with Crippen molar-refractivity contribution in [2.45, 2.75) is 30.7 Å². The predicted molar refractivity (Wildman–Crippen MR) is 72.8 cm³/mol. The van der Waals surface area contributed by atoms with Crippen molar-refractivity contribution in [2.24, 2.45) is 0 Å². The van der Waals surface area contributed by atoms with Crippen LogP contribution in [0.25, 0.3) is 0 Å². The third-order valence-corrected chi connectivity index (χ3v) is 5.18. The van der Waals surface area contributed by atoms with Crippen LogP contribution < -0.4 is 4.74 Å². The number of carbonyl (C=O) groups excluding carboxylic acids is 2. The van der Waals surface area contributed by atoms with Gasteiger partial charge in [-0.05, 0) is 25.5 Å². The van der Waals surface area contributed by atoms with Crippen molar-refractivity contribution in [3.8, 4) is 5.75 Å². The number of amides is 1. The van der Waals surface area contributed by atoms with Gasteiger partial charge >= 0.3 is 5.97 Å². The van der Waals surface area contributed by atoms with E-state index in [1.54, 1.807) is 28.8 Å². The van der Waals surface area contributed by atoms with Gasteiger partial charge in [0.15, 0.2) is 0 Å². The number of hydrogen-bond donors (Lipinski definition) is 0. The van der Waals surface area contributed by atoms with Gasteiger partial charge in [0.1, 0.15) is 11.8 Å². The van der Waals surface area contributed by atoms with Gasteiger partial charge in [-0.2, -0.15) is 0 Å². The maximum atomic E-state index is 12.2. The van der Waals surface area contributed by atoms with Crippen molar-refractivity contribution in [1.82, 2.24) is 4.90 Å². The fourth-order valence-corrected chi connectivity index (χ4v) is 4.08. The van der Waals surface area contributed by atoms with Crippen LogP contribution >= 0.6 is 11.8 Å². The van der Waals surface area contributed by atoms with E-state index in [-0.39, 0.29) is 16.7 Å². The highest BCUT2D eigenvalue weighted by atomic mass is 32.2. The van der Waals surface area contributed by atoms with E-state index >= 15 is 0 Å². The number of carbonyl (C=O) groups is 2. The number of para-hydroxylation sites is 1. The van der Waals surface area contributed by atoms with Gasteiger partial charge in [0.05, 0.1) is 4.87 Å². The van der Waals surface area contributed by atoms with Crippen LogP contribution in [0.15, 0.2) is 30.3 Å². The summed E-state index contributed by atoms with van der Waals surface area (Å²) in [5, 5.41) is 0. The number of rotatable bonds is 2. The Balaban J connectivity index is 1.76. The molecule has 1 aromatic rings. The van der Waals surface area contributed by atoms with E-state index in [1.165, 1.54) is 0 Å². The summed E-state index contributed by atoms with van der Waals surface area (Å²) in [5.74, 6) is 0.867. The van der Waals surface area contributed by atoms with Crippen LogP contribution in [0.5, 0.6) is 5.75 Å². The molecule has 2 aliphatic heterocycles. The summed E-state index contributed by atoms with van der Waals surface area (Å²) in [6.07, 6.45) is 1.34. The molecule has 2 aliphatic rings. The molecule has 0 saturated carbocycles. The van der Waals surface area contributed by atoms with Gasteiger partial charge in [0.25, 0.3) is 0 Å². The molecule has 19 heavy (non-hydrogen) atoms. The monoisotopic (exact) mass is 277 g/mol. The first kappa shape index (κ1) is 12.5. The lowest BCUT2D eigenvalue weighted by molar-refractivity contribution is -0.146. The fourth-order valence-electron chi connectivity index (χ4n) is 2.67. The fraction of sp³-hybridized carbons (Fsp3) is 0.429. The van der Waals surface area contributed by atoms with Crippen LogP contribution in [-0.2, 0) is 9.59 Å². The first-order valence-electron chi connectivity index (χ1n) is 6.33. The number of nitrogens with zero attached hydrogens (tertiary/aromatic N) is 1. The predicted octanol–water partition coefficient (Wildman–Crippen LogP) is 2.05. The zero-order chi connectivity index (χ0) is 13.5. The van der Waals surface area contributed by atoms with E-state index in [0.717, 1.165) is 6.42 Å². The Morgan fingerprint density at radius 1 is 1.42 bits per heavy atom. The minimum absolute atomic E-state index is 0.0579. The zero-order valence-corrected chi connectivity index (χ0v) is 11.5. The number of thioether (sulfide) groups is 1. The van der Waals surface area contributed by atoms with Gasteiger partial charge in [-0.25, -0.2) is 4.79 Å². The maximum absolute atomic E-state index is 12.2. The highest BCUT2D eigenvalue weighted by Crippen LogP contribution is 2.47. The van der Waals surface area contributed by atoms with Crippen molar-refractivity contribution in [3.63, 3.8) is 0 Å². The molecule has 5 heteroatoms. The molecular formula is C14H15NO3S. The standard InChI is InChI=1S/C14H15NO3S/c1-14-8-7-12(16)15(14)11(9-19-14)13(17)18-10-5-3-2-4-6-10/h2-6,11H,7-9H2,1H3/t11-,14+/m0/s1. The molecular weight excluding hydrogens is 262 g/mol.